The predicted octanol–water partition coefficient (Wildman–Crippen LogP) is 4.51. The van der Waals surface area contributed by atoms with E-state index in [1.807, 2.05) is 6.07 Å². The second-order valence-corrected chi connectivity index (χ2v) is 6.96. The van der Waals surface area contributed by atoms with Gasteiger partial charge in [0, 0.05) is 23.7 Å². The van der Waals surface area contributed by atoms with Crippen LogP contribution in [0.25, 0.3) is 0 Å². The standard InChI is InChI=1S/C20H20ClF3N2O3/c21-16-5-6-18(26-7-9-28-10-8-26)17(11-16)25-19(27)15-3-1-14(2-4-15)12-29-13-20(22,23)24/h1-6,11H,7-10,12-13H2,(H,25,27). The van der Waals surface area contributed by atoms with Crippen molar-refractivity contribution in [1.82, 2.24) is 0 Å². The zero-order chi connectivity index (χ0) is 20.9. The summed E-state index contributed by atoms with van der Waals surface area (Å²) in [5.41, 5.74) is 2.35. The summed E-state index contributed by atoms with van der Waals surface area (Å²) in [6.07, 6.45) is -4.37. The van der Waals surface area contributed by atoms with Gasteiger partial charge in [0.15, 0.2) is 0 Å². The molecule has 1 aliphatic rings. The van der Waals surface area contributed by atoms with E-state index in [2.05, 4.69) is 15.0 Å². The zero-order valence-corrected chi connectivity index (χ0v) is 16.2. The molecule has 9 heteroatoms. The van der Waals surface area contributed by atoms with Gasteiger partial charge in [-0.15, -0.1) is 0 Å². The summed E-state index contributed by atoms with van der Waals surface area (Å²) >= 11 is 6.10. The number of hydrogen-bond acceptors (Lipinski definition) is 4. The van der Waals surface area contributed by atoms with E-state index in [-0.39, 0.29) is 12.5 Å². The Hall–Kier alpha value is -2.29. The molecule has 0 saturated carbocycles. The summed E-state index contributed by atoms with van der Waals surface area (Å²) in [6, 6.07) is 11.5. The average Bonchev–Trinajstić information content (AvgIpc) is 2.68. The van der Waals surface area contributed by atoms with Crippen LogP contribution in [-0.4, -0.2) is 45.0 Å². The first kappa shape index (κ1) is 21.4. The minimum absolute atomic E-state index is 0.184. The number of carbonyl (C=O) groups is 1. The molecule has 0 aliphatic carbocycles. The van der Waals surface area contributed by atoms with Crippen molar-refractivity contribution < 1.29 is 27.4 Å². The number of hydrogen-bond donors (Lipinski definition) is 1. The maximum absolute atomic E-state index is 12.6. The molecule has 1 saturated heterocycles. The van der Waals surface area contributed by atoms with Crippen LogP contribution in [0.1, 0.15) is 15.9 Å². The Kier molecular flexibility index (Phi) is 7.00. The van der Waals surface area contributed by atoms with Crippen LogP contribution in [0.15, 0.2) is 42.5 Å². The van der Waals surface area contributed by atoms with Crippen molar-refractivity contribution in [2.45, 2.75) is 12.8 Å². The molecule has 0 spiro atoms. The number of rotatable bonds is 6. The number of nitrogens with one attached hydrogen (secondary N) is 1. The SMILES string of the molecule is O=C(Nc1cc(Cl)ccc1N1CCOCC1)c1ccc(COCC(F)(F)F)cc1. The summed E-state index contributed by atoms with van der Waals surface area (Å²) in [5, 5.41) is 3.36. The highest BCUT2D eigenvalue weighted by molar-refractivity contribution is 6.31. The van der Waals surface area contributed by atoms with Crippen molar-refractivity contribution in [2.24, 2.45) is 0 Å². The number of anilines is 2. The highest BCUT2D eigenvalue weighted by Crippen LogP contribution is 2.30. The van der Waals surface area contributed by atoms with Crippen molar-refractivity contribution in [3.8, 4) is 0 Å². The van der Waals surface area contributed by atoms with E-state index in [0.717, 1.165) is 5.69 Å². The number of nitrogens with zero attached hydrogens (tertiary/aromatic N) is 1. The molecule has 1 heterocycles. The Morgan fingerprint density at radius 1 is 1.14 bits per heavy atom. The van der Waals surface area contributed by atoms with E-state index < -0.39 is 12.8 Å². The van der Waals surface area contributed by atoms with Gasteiger partial charge >= 0.3 is 6.18 Å². The molecule has 0 aromatic heterocycles. The van der Waals surface area contributed by atoms with Gasteiger partial charge in [0.25, 0.3) is 5.91 Å². The number of carbonyl (C=O) groups excluding carboxylic acids is 1. The highest BCUT2D eigenvalue weighted by Gasteiger charge is 2.27. The third kappa shape index (κ3) is 6.35. The molecule has 3 rings (SSSR count). The fraction of sp³-hybridized carbons (Fsp3) is 0.350. The van der Waals surface area contributed by atoms with Crippen molar-refractivity contribution in [3.63, 3.8) is 0 Å². The molecular weight excluding hydrogens is 409 g/mol. The van der Waals surface area contributed by atoms with Crippen molar-refractivity contribution >= 4 is 28.9 Å². The maximum atomic E-state index is 12.6. The van der Waals surface area contributed by atoms with Crippen LogP contribution < -0.4 is 10.2 Å². The Morgan fingerprint density at radius 2 is 1.83 bits per heavy atom. The molecule has 1 N–H and O–H groups in total. The van der Waals surface area contributed by atoms with Crippen LogP contribution in [0.2, 0.25) is 5.02 Å². The summed E-state index contributed by atoms with van der Waals surface area (Å²) in [4.78, 5) is 14.7. The number of amides is 1. The third-order valence-corrected chi connectivity index (χ3v) is 4.54. The quantitative estimate of drug-likeness (QED) is 0.735. The first-order valence-corrected chi connectivity index (χ1v) is 9.37. The lowest BCUT2D eigenvalue weighted by Gasteiger charge is -2.30. The Balaban J connectivity index is 1.66. The van der Waals surface area contributed by atoms with E-state index in [4.69, 9.17) is 16.3 Å². The highest BCUT2D eigenvalue weighted by atomic mass is 35.5. The van der Waals surface area contributed by atoms with Gasteiger partial charge in [0.2, 0.25) is 0 Å². The Bertz CT molecular complexity index is 838. The maximum Gasteiger partial charge on any atom is 0.411 e. The molecule has 2 aromatic rings. The molecule has 156 valence electrons. The van der Waals surface area contributed by atoms with Crippen LogP contribution >= 0.6 is 11.6 Å². The molecule has 1 amide bonds. The lowest BCUT2D eigenvalue weighted by atomic mass is 10.1. The van der Waals surface area contributed by atoms with Gasteiger partial charge in [-0.05, 0) is 35.9 Å². The Labute approximate surface area is 171 Å². The fourth-order valence-electron chi connectivity index (χ4n) is 2.92. The smallest absolute Gasteiger partial charge is 0.378 e. The van der Waals surface area contributed by atoms with Gasteiger partial charge in [-0.25, -0.2) is 0 Å². The van der Waals surface area contributed by atoms with Crippen molar-refractivity contribution in [3.05, 3.63) is 58.6 Å². The van der Waals surface area contributed by atoms with Gasteiger partial charge in [-0.1, -0.05) is 23.7 Å². The van der Waals surface area contributed by atoms with Gasteiger partial charge in [-0.2, -0.15) is 13.2 Å². The van der Waals surface area contributed by atoms with Gasteiger partial charge in [0.1, 0.15) is 6.61 Å². The summed E-state index contributed by atoms with van der Waals surface area (Å²) < 4.78 is 46.4. The zero-order valence-electron chi connectivity index (χ0n) is 15.5. The summed E-state index contributed by atoms with van der Waals surface area (Å²) in [6.45, 7) is 1.13. The second kappa shape index (κ2) is 9.47. The summed E-state index contributed by atoms with van der Waals surface area (Å²) in [7, 11) is 0. The van der Waals surface area contributed by atoms with Crippen LogP contribution in [0.5, 0.6) is 0 Å². The minimum atomic E-state index is -4.37. The van der Waals surface area contributed by atoms with Crippen LogP contribution in [0.4, 0.5) is 24.5 Å². The lowest BCUT2D eigenvalue weighted by Crippen LogP contribution is -2.36. The minimum Gasteiger partial charge on any atom is -0.378 e. The average molecular weight is 429 g/mol. The third-order valence-electron chi connectivity index (χ3n) is 4.31. The molecule has 29 heavy (non-hydrogen) atoms. The fourth-order valence-corrected chi connectivity index (χ4v) is 3.09. The molecule has 0 radical (unpaired) electrons. The molecule has 1 fully saturated rings. The first-order chi connectivity index (χ1) is 13.8. The monoisotopic (exact) mass is 428 g/mol. The number of morpholine rings is 1. The molecule has 0 atom stereocenters. The van der Waals surface area contributed by atoms with Gasteiger partial charge in [0.05, 0.1) is 31.2 Å². The van der Waals surface area contributed by atoms with E-state index in [0.29, 0.717) is 48.1 Å². The van der Waals surface area contributed by atoms with Gasteiger partial charge < -0.3 is 19.7 Å². The number of alkyl halides is 3. The molecule has 5 nitrogen and oxygen atoms in total. The van der Waals surface area contributed by atoms with Crippen molar-refractivity contribution in [2.75, 3.05) is 43.1 Å². The van der Waals surface area contributed by atoms with E-state index in [9.17, 15) is 18.0 Å². The summed E-state index contributed by atoms with van der Waals surface area (Å²) in [5.74, 6) is -0.343. The molecular formula is C20H20ClF3N2O3. The van der Waals surface area contributed by atoms with E-state index >= 15 is 0 Å². The normalized spacial score (nSPS) is 14.7. The largest absolute Gasteiger partial charge is 0.411 e. The molecule has 0 unspecified atom stereocenters. The van der Waals surface area contributed by atoms with Gasteiger partial charge in [-0.3, -0.25) is 4.79 Å². The number of benzene rings is 2. The van der Waals surface area contributed by atoms with E-state index in [1.165, 1.54) is 0 Å². The molecule has 1 aliphatic heterocycles. The van der Waals surface area contributed by atoms with E-state index in [1.54, 1.807) is 36.4 Å². The molecule has 0 bridgehead atoms. The Morgan fingerprint density at radius 3 is 2.48 bits per heavy atom. The van der Waals surface area contributed by atoms with Crippen molar-refractivity contribution in [1.29, 1.82) is 0 Å². The van der Waals surface area contributed by atoms with Crippen LogP contribution in [-0.2, 0) is 16.1 Å². The number of ether oxygens (including phenoxy) is 2. The molecule has 2 aromatic carbocycles. The predicted molar refractivity (Wildman–Crippen MR) is 105 cm³/mol. The first-order valence-electron chi connectivity index (χ1n) is 8.99. The van der Waals surface area contributed by atoms with Crippen LogP contribution in [0.3, 0.4) is 0 Å². The number of halogens is 4. The van der Waals surface area contributed by atoms with Crippen LogP contribution in [0, 0.1) is 0 Å². The lowest BCUT2D eigenvalue weighted by molar-refractivity contribution is -0.176. The second-order valence-electron chi connectivity index (χ2n) is 6.52. The topological polar surface area (TPSA) is 50.8 Å².